The number of halogens is 2. The minimum Gasteiger partial charge on any atom is -0.275 e. The number of amides is 2. The van der Waals surface area contributed by atoms with Gasteiger partial charge in [0.05, 0.1) is 5.02 Å². The molecule has 0 radical (unpaired) electrons. The van der Waals surface area contributed by atoms with Crippen LogP contribution in [0.15, 0.2) is 36.4 Å². The molecule has 5 heteroatoms. The third-order valence-electron chi connectivity index (χ3n) is 2.67. The first kappa shape index (κ1) is 13.5. The highest BCUT2D eigenvalue weighted by atomic mass is 35.5. The molecule has 2 amide bonds. The van der Waals surface area contributed by atoms with Crippen LogP contribution in [0.5, 0.6) is 0 Å². The van der Waals surface area contributed by atoms with Gasteiger partial charge in [0.2, 0.25) is 0 Å². The molecule has 0 aliphatic carbocycles. The Bertz CT molecular complexity index is 581. The van der Waals surface area contributed by atoms with Crippen LogP contribution in [-0.4, -0.2) is 23.3 Å². The van der Waals surface area contributed by atoms with Gasteiger partial charge < -0.3 is 0 Å². The smallest absolute Gasteiger partial charge is 0.253 e. The molecule has 1 aliphatic heterocycles. The second-order valence-corrected chi connectivity index (χ2v) is 4.43. The molecule has 98 valence electrons. The molecule has 3 nitrogen and oxygen atoms in total. The fourth-order valence-electron chi connectivity index (χ4n) is 1.68. The normalized spacial score (nSPS) is 15.3. The average Bonchev–Trinajstić information content (AvgIpc) is 2.40. The maximum atomic E-state index is 13.2. The topological polar surface area (TPSA) is 37.4 Å². The third kappa shape index (κ3) is 3.29. The third-order valence-corrected chi connectivity index (χ3v) is 2.98. The second kappa shape index (κ2) is 5.80. The maximum absolute atomic E-state index is 13.2. The molecule has 0 unspecified atom stereocenters. The quantitative estimate of drug-likeness (QED) is 0.781. The van der Waals surface area contributed by atoms with Gasteiger partial charge in [-0.2, -0.15) is 0 Å². The summed E-state index contributed by atoms with van der Waals surface area (Å²) in [6, 6.07) is 4.23. The lowest BCUT2D eigenvalue weighted by molar-refractivity contribution is -0.139. The molecule has 0 saturated heterocycles. The molecule has 1 aromatic carbocycles. The van der Waals surface area contributed by atoms with E-state index in [1.165, 1.54) is 30.4 Å². The zero-order valence-corrected chi connectivity index (χ0v) is 10.7. The lowest BCUT2D eigenvalue weighted by Gasteiger charge is -2.19. The van der Waals surface area contributed by atoms with Crippen LogP contribution in [-0.2, 0) is 9.59 Å². The minimum absolute atomic E-state index is 0.0276. The minimum atomic E-state index is -0.548. The number of rotatable bonds is 2. The molecule has 1 aromatic rings. The van der Waals surface area contributed by atoms with E-state index in [4.69, 9.17) is 11.6 Å². The molecule has 0 spiro atoms. The fourth-order valence-corrected chi connectivity index (χ4v) is 1.80. The average molecular weight is 280 g/mol. The van der Waals surface area contributed by atoms with Gasteiger partial charge in [-0.05, 0) is 36.3 Å². The molecule has 0 N–H and O–H groups in total. The maximum Gasteiger partial charge on any atom is 0.253 e. The molecule has 0 fully saturated rings. The lowest BCUT2D eigenvalue weighted by Crippen LogP contribution is -2.37. The van der Waals surface area contributed by atoms with Crippen molar-refractivity contribution in [2.75, 3.05) is 6.54 Å². The Morgan fingerprint density at radius 3 is 2.89 bits per heavy atom. The highest BCUT2D eigenvalue weighted by molar-refractivity contribution is 6.30. The van der Waals surface area contributed by atoms with Gasteiger partial charge >= 0.3 is 0 Å². The Kier molecular flexibility index (Phi) is 4.12. The van der Waals surface area contributed by atoms with Crippen molar-refractivity contribution in [3.8, 4) is 0 Å². The van der Waals surface area contributed by atoms with Crippen LogP contribution in [0.1, 0.15) is 12.0 Å². The van der Waals surface area contributed by atoms with Crippen molar-refractivity contribution in [2.45, 2.75) is 6.42 Å². The van der Waals surface area contributed by atoms with Crippen LogP contribution in [0.4, 0.5) is 4.39 Å². The monoisotopic (exact) mass is 279 g/mol. The first-order valence-corrected chi connectivity index (χ1v) is 6.11. The summed E-state index contributed by atoms with van der Waals surface area (Å²) in [6.45, 7) is 0.369. The SMILES string of the molecule is O=C1C=CCCN1C(=O)C=Cc1ccc(Cl)c(F)c1. The fraction of sp³-hybridized carbons (Fsp3) is 0.143. The summed E-state index contributed by atoms with van der Waals surface area (Å²) in [5.41, 5.74) is 0.509. The van der Waals surface area contributed by atoms with Crippen molar-refractivity contribution in [1.82, 2.24) is 4.90 Å². The predicted molar refractivity (Wildman–Crippen MR) is 70.9 cm³/mol. The molecule has 19 heavy (non-hydrogen) atoms. The molecule has 1 aliphatic rings. The number of benzene rings is 1. The lowest BCUT2D eigenvalue weighted by atomic mass is 10.2. The largest absolute Gasteiger partial charge is 0.275 e. The number of hydrogen-bond donors (Lipinski definition) is 0. The molecule has 0 bridgehead atoms. The highest BCUT2D eigenvalue weighted by Gasteiger charge is 2.18. The van der Waals surface area contributed by atoms with Crippen molar-refractivity contribution in [1.29, 1.82) is 0 Å². The number of imide groups is 1. The van der Waals surface area contributed by atoms with E-state index in [9.17, 15) is 14.0 Å². The first-order chi connectivity index (χ1) is 9.08. The van der Waals surface area contributed by atoms with Gasteiger partial charge in [-0.3, -0.25) is 14.5 Å². The molecular formula is C14H11ClFNO2. The van der Waals surface area contributed by atoms with Gasteiger partial charge in [0.15, 0.2) is 0 Å². The summed E-state index contributed by atoms with van der Waals surface area (Å²) in [4.78, 5) is 24.4. The second-order valence-electron chi connectivity index (χ2n) is 4.03. The summed E-state index contributed by atoms with van der Waals surface area (Å²) in [5, 5.41) is 0.0276. The highest BCUT2D eigenvalue weighted by Crippen LogP contribution is 2.16. The van der Waals surface area contributed by atoms with E-state index in [0.717, 1.165) is 4.90 Å². The summed E-state index contributed by atoms with van der Waals surface area (Å²) in [5.74, 6) is -1.29. The first-order valence-electron chi connectivity index (χ1n) is 5.73. The van der Waals surface area contributed by atoms with Crippen molar-refractivity contribution in [3.05, 3.63) is 52.8 Å². The van der Waals surface area contributed by atoms with Gasteiger partial charge in [-0.15, -0.1) is 0 Å². The number of hydrogen-bond acceptors (Lipinski definition) is 2. The number of carbonyl (C=O) groups is 2. The summed E-state index contributed by atoms with van der Waals surface area (Å²) in [6.07, 6.45) is 6.45. The van der Waals surface area contributed by atoms with E-state index in [-0.39, 0.29) is 10.9 Å². The van der Waals surface area contributed by atoms with E-state index >= 15 is 0 Å². The van der Waals surface area contributed by atoms with Crippen LogP contribution in [0.25, 0.3) is 6.08 Å². The van der Waals surface area contributed by atoms with Crippen molar-refractivity contribution >= 4 is 29.5 Å². The number of nitrogens with zero attached hydrogens (tertiary/aromatic N) is 1. The molecule has 0 saturated carbocycles. The van der Waals surface area contributed by atoms with E-state index in [0.29, 0.717) is 18.5 Å². The van der Waals surface area contributed by atoms with Crippen molar-refractivity contribution in [2.24, 2.45) is 0 Å². The van der Waals surface area contributed by atoms with Crippen LogP contribution in [0, 0.1) is 5.82 Å². The van der Waals surface area contributed by atoms with Crippen LogP contribution >= 0.6 is 11.6 Å². The zero-order chi connectivity index (χ0) is 13.8. The Balaban J connectivity index is 2.09. The van der Waals surface area contributed by atoms with Crippen LogP contribution < -0.4 is 0 Å². The predicted octanol–water partition coefficient (Wildman–Crippen LogP) is 2.81. The zero-order valence-electron chi connectivity index (χ0n) is 9.98. The van der Waals surface area contributed by atoms with Gasteiger partial charge in [-0.25, -0.2) is 4.39 Å². The van der Waals surface area contributed by atoms with Gasteiger partial charge in [0.1, 0.15) is 5.82 Å². The van der Waals surface area contributed by atoms with Crippen LogP contribution in [0.3, 0.4) is 0 Å². The number of carbonyl (C=O) groups excluding carboxylic acids is 2. The van der Waals surface area contributed by atoms with E-state index < -0.39 is 11.7 Å². The van der Waals surface area contributed by atoms with E-state index in [2.05, 4.69) is 0 Å². The Morgan fingerprint density at radius 2 is 2.21 bits per heavy atom. The van der Waals surface area contributed by atoms with Crippen LogP contribution in [0.2, 0.25) is 5.02 Å². The molecule has 0 aromatic heterocycles. The molecule has 2 rings (SSSR count). The Labute approximate surface area is 115 Å². The molecule has 1 heterocycles. The van der Waals surface area contributed by atoms with E-state index in [1.54, 1.807) is 12.1 Å². The van der Waals surface area contributed by atoms with E-state index in [1.807, 2.05) is 0 Å². The molecule has 0 atom stereocenters. The van der Waals surface area contributed by atoms with Crippen molar-refractivity contribution in [3.63, 3.8) is 0 Å². The standard InChI is InChI=1S/C14H11ClFNO2/c15-11-6-4-10(9-12(11)16)5-7-14(19)17-8-2-1-3-13(17)18/h1,3-7,9H,2,8H2. The van der Waals surface area contributed by atoms with Gasteiger partial charge in [0.25, 0.3) is 11.8 Å². The molecular weight excluding hydrogens is 269 g/mol. The Morgan fingerprint density at radius 1 is 1.42 bits per heavy atom. The van der Waals surface area contributed by atoms with Crippen molar-refractivity contribution < 1.29 is 14.0 Å². The summed E-state index contributed by atoms with van der Waals surface area (Å²) in [7, 11) is 0. The summed E-state index contributed by atoms with van der Waals surface area (Å²) >= 11 is 5.56. The van der Waals surface area contributed by atoms with Gasteiger partial charge in [-0.1, -0.05) is 23.7 Å². The van der Waals surface area contributed by atoms with Gasteiger partial charge in [0, 0.05) is 12.6 Å². The Hall–Kier alpha value is -1.94. The summed E-state index contributed by atoms with van der Waals surface area (Å²) < 4.78 is 13.2.